The average Bonchev–Trinajstić information content (AvgIpc) is 2.32. The zero-order valence-corrected chi connectivity index (χ0v) is 11.6. The SMILES string of the molecule is O=C(CSCC(O)CO)Nc1ncc(Cl)cc1Cl. The summed E-state index contributed by atoms with van der Waals surface area (Å²) in [5, 5.41) is 20.8. The number of amides is 1. The molecule has 0 aliphatic heterocycles. The standard InChI is InChI=1S/C10H12Cl2N2O3S/c11-6-1-8(12)10(13-2-6)14-9(17)5-18-4-7(16)3-15/h1-2,7,15-16H,3-5H2,(H,13,14,17). The van der Waals surface area contributed by atoms with E-state index in [-0.39, 0.29) is 34.9 Å². The number of carbonyl (C=O) groups excluding carboxylic acids is 1. The Labute approximate surface area is 119 Å². The summed E-state index contributed by atoms with van der Waals surface area (Å²) in [6, 6.07) is 1.48. The van der Waals surface area contributed by atoms with Crippen LogP contribution in [0.4, 0.5) is 5.82 Å². The second kappa shape index (κ2) is 7.81. The monoisotopic (exact) mass is 310 g/mol. The summed E-state index contributed by atoms with van der Waals surface area (Å²) in [6.07, 6.45) is 0.561. The minimum Gasteiger partial charge on any atom is -0.394 e. The number of thioether (sulfide) groups is 1. The van der Waals surface area contributed by atoms with Gasteiger partial charge in [-0.1, -0.05) is 23.2 Å². The number of rotatable bonds is 6. The minimum atomic E-state index is -0.819. The number of pyridine rings is 1. The molecule has 1 amide bonds. The molecule has 1 aromatic heterocycles. The maximum atomic E-state index is 11.5. The average molecular weight is 311 g/mol. The second-order valence-electron chi connectivity index (χ2n) is 3.38. The number of hydrogen-bond acceptors (Lipinski definition) is 5. The van der Waals surface area contributed by atoms with E-state index in [2.05, 4.69) is 10.3 Å². The molecule has 5 nitrogen and oxygen atoms in total. The largest absolute Gasteiger partial charge is 0.394 e. The third kappa shape index (κ3) is 5.41. The highest BCUT2D eigenvalue weighted by atomic mass is 35.5. The quantitative estimate of drug-likeness (QED) is 0.740. The van der Waals surface area contributed by atoms with Crippen LogP contribution in [0.3, 0.4) is 0 Å². The van der Waals surface area contributed by atoms with Crippen LogP contribution in [-0.2, 0) is 4.79 Å². The molecule has 1 aromatic rings. The number of aliphatic hydroxyl groups is 2. The molecule has 100 valence electrons. The van der Waals surface area contributed by atoms with Gasteiger partial charge in [0.15, 0.2) is 5.82 Å². The van der Waals surface area contributed by atoms with Gasteiger partial charge < -0.3 is 15.5 Å². The summed E-state index contributed by atoms with van der Waals surface area (Å²) in [4.78, 5) is 15.4. The summed E-state index contributed by atoms with van der Waals surface area (Å²) < 4.78 is 0. The Balaban J connectivity index is 2.40. The molecule has 0 aliphatic carbocycles. The molecule has 0 aromatic carbocycles. The van der Waals surface area contributed by atoms with Crippen LogP contribution >= 0.6 is 35.0 Å². The Hall–Kier alpha value is -0.530. The van der Waals surface area contributed by atoms with Crippen molar-refractivity contribution in [3.63, 3.8) is 0 Å². The van der Waals surface area contributed by atoms with Gasteiger partial charge in [0, 0.05) is 11.9 Å². The van der Waals surface area contributed by atoms with Crippen LogP contribution in [0.15, 0.2) is 12.3 Å². The van der Waals surface area contributed by atoms with Crippen LogP contribution in [0.1, 0.15) is 0 Å². The van der Waals surface area contributed by atoms with Gasteiger partial charge in [0.25, 0.3) is 0 Å². The van der Waals surface area contributed by atoms with E-state index < -0.39 is 6.10 Å². The number of anilines is 1. The molecule has 0 saturated heterocycles. The Morgan fingerprint density at radius 1 is 1.56 bits per heavy atom. The number of nitrogens with one attached hydrogen (secondary N) is 1. The van der Waals surface area contributed by atoms with Crippen LogP contribution in [0, 0.1) is 0 Å². The van der Waals surface area contributed by atoms with Crippen LogP contribution in [0.5, 0.6) is 0 Å². The van der Waals surface area contributed by atoms with Crippen molar-refractivity contribution in [2.75, 3.05) is 23.4 Å². The molecule has 0 aliphatic rings. The predicted molar refractivity (Wildman–Crippen MR) is 73.3 cm³/mol. The summed E-state index contributed by atoms with van der Waals surface area (Å²) >= 11 is 12.7. The number of hydrogen-bond donors (Lipinski definition) is 3. The highest BCUT2D eigenvalue weighted by molar-refractivity contribution is 8.00. The fourth-order valence-electron chi connectivity index (χ4n) is 1.02. The zero-order valence-electron chi connectivity index (χ0n) is 9.27. The highest BCUT2D eigenvalue weighted by Crippen LogP contribution is 2.22. The normalized spacial score (nSPS) is 12.2. The van der Waals surface area contributed by atoms with Crippen molar-refractivity contribution in [3.8, 4) is 0 Å². The molecule has 1 atom stereocenters. The van der Waals surface area contributed by atoms with Gasteiger partial charge in [-0.25, -0.2) is 4.98 Å². The maximum absolute atomic E-state index is 11.5. The molecule has 3 N–H and O–H groups in total. The molecule has 0 radical (unpaired) electrons. The number of aliphatic hydroxyl groups excluding tert-OH is 2. The van der Waals surface area contributed by atoms with E-state index in [1.54, 1.807) is 0 Å². The van der Waals surface area contributed by atoms with E-state index in [1.807, 2.05) is 0 Å². The number of nitrogens with zero attached hydrogens (tertiary/aromatic N) is 1. The first kappa shape index (κ1) is 15.5. The van der Waals surface area contributed by atoms with Crippen molar-refractivity contribution in [1.29, 1.82) is 0 Å². The lowest BCUT2D eigenvalue weighted by molar-refractivity contribution is -0.113. The van der Waals surface area contributed by atoms with E-state index in [4.69, 9.17) is 33.4 Å². The molecule has 1 heterocycles. The smallest absolute Gasteiger partial charge is 0.235 e. The molecule has 8 heteroatoms. The van der Waals surface area contributed by atoms with Crippen molar-refractivity contribution in [2.24, 2.45) is 0 Å². The van der Waals surface area contributed by atoms with Gasteiger partial charge in [0.2, 0.25) is 5.91 Å². The lowest BCUT2D eigenvalue weighted by Crippen LogP contribution is -2.19. The summed E-state index contributed by atoms with van der Waals surface area (Å²) in [5.74, 6) is 0.375. The summed E-state index contributed by atoms with van der Waals surface area (Å²) in [5.41, 5.74) is 0. The Morgan fingerprint density at radius 2 is 2.28 bits per heavy atom. The van der Waals surface area contributed by atoms with Gasteiger partial charge in [0.1, 0.15) is 0 Å². The lowest BCUT2D eigenvalue weighted by Gasteiger charge is -2.08. The van der Waals surface area contributed by atoms with E-state index in [1.165, 1.54) is 24.0 Å². The van der Waals surface area contributed by atoms with Crippen molar-refractivity contribution >= 4 is 46.7 Å². The van der Waals surface area contributed by atoms with Crippen molar-refractivity contribution in [3.05, 3.63) is 22.3 Å². The molecular formula is C10H12Cl2N2O3S. The van der Waals surface area contributed by atoms with Crippen molar-refractivity contribution < 1.29 is 15.0 Å². The number of halogens is 2. The van der Waals surface area contributed by atoms with Gasteiger partial charge in [-0.05, 0) is 6.07 Å². The molecule has 0 bridgehead atoms. The predicted octanol–water partition coefficient (Wildman–Crippen LogP) is 1.41. The van der Waals surface area contributed by atoms with Gasteiger partial charge in [-0.15, -0.1) is 11.8 Å². The number of aromatic nitrogens is 1. The molecule has 1 rings (SSSR count). The maximum Gasteiger partial charge on any atom is 0.235 e. The van der Waals surface area contributed by atoms with E-state index in [9.17, 15) is 4.79 Å². The first-order chi connectivity index (χ1) is 8.52. The Kier molecular flexibility index (Phi) is 6.73. The van der Waals surface area contributed by atoms with Crippen LogP contribution < -0.4 is 5.32 Å². The third-order valence-electron chi connectivity index (χ3n) is 1.82. The highest BCUT2D eigenvalue weighted by Gasteiger charge is 2.09. The van der Waals surface area contributed by atoms with E-state index in [0.717, 1.165) is 0 Å². The second-order valence-corrected chi connectivity index (χ2v) is 5.26. The first-order valence-corrected chi connectivity index (χ1v) is 6.91. The molecule has 0 fully saturated rings. The first-order valence-electron chi connectivity index (χ1n) is 5.00. The molecule has 18 heavy (non-hydrogen) atoms. The van der Waals surface area contributed by atoms with Gasteiger partial charge in [-0.3, -0.25) is 4.79 Å². The molecular weight excluding hydrogens is 299 g/mol. The van der Waals surface area contributed by atoms with Crippen LogP contribution in [0.2, 0.25) is 10.0 Å². The van der Waals surface area contributed by atoms with Gasteiger partial charge in [-0.2, -0.15) is 0 Å². The third-order valence-corrected chi connectivity index (χ3v) is 3.40. The van der Waals surface area contributed by atoms with E-state index in [0.29, 0.717) is 5.02 Å². The van der Waals surface area contributed by atoms with Crippen LogP contribution in [-0.4, -0.2) is 45.3 Å². The summed E-state index contributed by atoms with van der Waals surface area (Å²) in [6.45, 7) is -0.320. The topological polar surface area (TPSA) is 82.5 Å². The Morgan fingerprint density at radius 3 is 2.89 bits per heavy atom. The van der Waals surface area contributed by atoms with Gasteiger partial charge >= 0.3 is 0 Å². The Bertz CT molecular complexity index is 420. The van der Waals surface area contributed by atoms with E-state index >= 15 is 0 Å². The molecule has 0 saturated carbocycles. The van der Waals surface area contributed by atoms with Crippen LogP contribution in [0.25, 0.3) is 0 Å². The summed E-state index contributed by atoms with van der Waals surface area (Å²) in [7, 11) is 0. The fourth-order valence-corrected chi connectivity index (χ4v) is 2.20. The van der Waals surface area contributed by atoms with Gasteiger partial charge in [0.05, 0.1) is 28.5 Å². The lowest BCUT2D eigenvalue weighted by atomic mass is 10.4. The number of carbonyl (C=O) groups is 1. The van der Waals surface area contributed by atoms with Crippen molar-refractivity contribution in [2.45, 2.75) is 6.10 Å². The molecule has 1 unspecified atom stereocenters. The van der Waals surface area contributed by atoms with Crippen molar-refractivity contribution in [1.82, 2.24) is 4.98 Å². The minimum absolute atomic E-state index is 0.137. The zero-order chi connectivity index (χ0) is 13.5. The molecule has 0 spiro atoms. The fraction of sp³-hybridized carbons (Fsp3) is 0.400.